The van der Waals surface area contributed by atoms with Crippen LogP contribution in [0.15, 0.2) is 23.1 Å². The number of carboxylic acid groups (broad SMARTS) is 1. The summed E-state index contributed by atoms with van der Waals surface area (Å²) in [5, 5.41) is 9.16. The molecular weight excluding hydrogens is 304 g/mol. The quantitative estimate of drug-likeness (QED) is 0.905. The predicted molar refractivity (Wildman–Crippen MR) is 84.6 cm³/mol. The molecule has 1 fully saturated rings. The minimum Gasteiger partial charge on any atom is -0.481 e. The molecule has 6 nitrogen and oxygen atoms in total. The van der Waals surface area contributed by atoms with Gasteiger partial charge in [0.05, 0.1) is 10.8 Å². The first-order chi connectivity index (χ1) is 10.1. The third-order valence-electron chi connectivity index (χ3n) is 4.20. The molecule has 2 atom stereocenters. The smallest absolute Gasteiger partial charge is 0.308 e. The SMILES string of the molecule is Cc1ccc(S(=O)(=O)N2C[C@@H](C)[C@H](C(=O)O)C2)cc1N(C)C. The average molecular weight is 326 g/mol. The van der Waals surface area contributed by atoms with Crippen LogP contribution >= 0.6 is 0 Å². The van der Waals surface area contributed by atoms with E-state index >= 15 is 0 Å². The zero-order valence-electron chi connectivity index (χ0n) is 13.3. The summed E-state index contributed by atoms with van der Waals surface area (Å²) >= 11 is 0. The molecule has 7 heteroatoms. The van der Waals surface area contributed by atoms with E-state index in [1.807, 2.05) is 25.9 Å². The average Bonchev–Trinajstić information content (AvgIpc) is 2.81. The number of hydrogen-bond donors (Lipinski definition) is 1. The van der Waals surface area contributed by atoms with E-state index in [2.05, 4.69) is 0 Å². The van der Waals surface area contributed by atoms with E-state index in [0.29, 0.717) is 0 Å². The van der Waals surface area contributed by atoms with Crippen molar-refractivity contribution in [2.75, 3.05) is 32.1 Å². The second kappa shape index (κ2) is 5.89. The minimum atomic E-state index is -3.67. The van der Waals surface area contributed by atoms with Gasteiger partial charge in [-0.1, -0.05) is 13.0 Å². The lowest BCUT2D eigenvalue weighted by Gasteiger charge is -2.20. The van der Waals surface area contributed by atoms with Gasteiger partial charge in [-0.15, -0.1) is 0 Å². The largest absolute Gasteiger partial charge is 0.481 e. The van der Waals surface area contributed by atoms with E-state index in [1.54, 1.807) is 25.1 Å². The fourth-order valence-corrected chi connectivity index (χ4v) is 4.41. The Morgan fingerprint density at radius 3 is 2.45 bits per heavy atom. The number of rotatable bonds is 4. The van der Waals surface area contributed by atoms with Gasteiger partial charge in [-0.05, 0) is 30.5 Å². The molecule has 0 bridgehead atoms. The lowest BCUT2D eigenvalue weighted by Crippen LogP contribution is -2.30. The Labute approximate surface area is 131 Å². The number of aliphatic carboxylic acids is 1. The van der Waals surface area contributed by atoms with Crippen molar-refractivity contribution in [2.24, 2.45) is 11.8 Å². The third-order valence-corrected chi connectivity index (χ3v) is 6.02. The van der Waals surface area contributed by atoms with Crippen molar-refractivity contribution >= 4 is 21.7 Å². The fraction of sp³-hybridized carbons (Fsp3) is 0.533. The number of carboxylic acids is 1. The van der Waals surface area contributed by atoms with Crippen molar-refractivity contribution in [3.8, 4) is 0 Å². The van der Waals surface area contributed by atoms with Crippen LogP contribution in [0.25, 0.3) is 0 Å². The Bertz CT molecular complexity index is 685. The first-order valence-electron chi connectivity index (χ1n) is 7.15. The van der Waals surface area contributed by atoms with Gasteiger partial charge in [0.2, 0.25) is 10.0 Å². The van der Waals surface area contributed by atoms with Crippen molar-refractivity contribution in [1.29, 1.82) is 0 Å². The number of carbonyl (C=O) groups is 1. The zero-order valence-corrected chi connectivity index (χ0v) is 14.1. The van der Waals surface area contributed by atoms with Gasteiger partial charge in [-0.2, -0.15) is 4.31 Å². The zero-order chi connectivity index (χ0) is 16.7. The molecule has 1 aromatic carbocycles. The van der Waals surface area contributed by atoms with Crippen molar-refractivity contribution < 1.29 is 18.3 Å². The molecule has 1 saturated heterocycles. The lowest BCUT2D eigenvalue weighted by atomic mass is 9.99. The molecule has 0 aromatic heterocycles. The summed E-state index contributed by atoms with van der Waals surface area (Å²) in [7, 11) is 0.0490. The highest BCUT2D eigenvalue weighted by Gasteiger charge is 2.40. The molecule has 0 aliphatic carbocycles. The maximum atomic E-state index is 12.7. The first kappa shape index (κ1) is 16.8. The topological polar surface area (TPSA) is 77.9 Å². The molecule has 1 aliphatic heterocycles. The molecule has 0 radical (unpaired) electrons. The molecule has 0 saturated carbocycles. The van der Waals surface area contributed by atoms with E-state index in [9.17, 15) is 13.2 Å². The number of hydrogen-bond acceptors (Lipinski definition) is 4. The van der Waals surface area contributed by atoms with Gasteiger partial charge < -0.3 is 10.0 Å². The van der Waals surface area contributed by atoms with Gasteiger partial charge in [0, 0.05) is 32.9 Å². The number of nitrogens with zero attached hydrogens (tertiary/aromatic N) is 2. The monoisotopic (exact) mass is 326 g/mol. The van der Waals surface area contributed by atoms with Crippen LogP contribution in [0, 0.1) is 18.8 Å². The molecule has 1 aliphatic rings. The summed E-state index contributed by atoms with van der Waals surface area (Å²) in [6.07, 6.45) is 0. The van der Waals surface area contributed by atoms with Crippen LogP contribution in [0.3, 0.4) is 0 Å². The molecule has 1 N–H and O–H groups in total. The van der Waals surface area contributed by atoms with Crippen molar-refractivity contribution in [2.45, 2.75) is 18.7 Å². The van der Waals surface area contributed by atoms with Crippen molar-refractivity contribution in [3.63, 3.8) is 0 Å². The standard InChI is InChI=1S/C15H22N2O4S/c1-10-5-6-12(7-14(10)16(3)4)22(20,21)17-8-11(2)13(9-17)15(18)19/h5-7,11,13H,8-9H2,1-4H3,(H,18,19)/t11-,13-/m1/s1. The van der Waals surface area contributed by atoms with Crippen LogP contribution in [0.1, 0.15) is 12.5 Å². The summed E-state index contributed by atoms with van der Waals surface area (Å²) in [4.78, 5) is 13.3. The minimum absolute atomic E-state index is 0.0318. The summed E-state index contributed by atoms with van der Waals surface area (Å²) in [6.45, 7) is 3.97. The second-order valence-electron chi connectivity index (χ2n) is 6.09. The normalized spacial score (nSPS) is 22.7. The highest BCUT2D eigenvalue weighted by Crippen LogP contribution is 2.30. The molecule has 0 spiro atoms. The number of sulfonamides is 1. The van der Waals surface area contributed by atoms with E-state index in [4.69, 9.17) is 5.11 Å². The Morgan fingerprint density at radius 2 is 1.95 bits per heavy atom. The van der Waals surface area contributed by atoms with Crippen LogP contribution in [-0.2, 0) is 14.8 Å². The molecule has 22 heavy (non-hydrogen) atoms. The fourth-order valence-electron chi connectivity index (χ4n) is 2.82. The van der Waals surface area contributed by atoms with Crippen molar-refractivity contribution in [1.82, 2.24) is 4.31 Å². The van der Waals surface area contributed by atoms with E-state index < -0.39 is 21.9 Å². The molecule has 122 valence electrons. The highest BCUT2D eigenvalue weighted by atomic mass is 32.2. The van der Waals surface area contributed by atoms with Crippen LogP contribution < -0.4 is 4.90 Å². The maximum absolute atomic E-state index is 12.7. The van der Waals surface area contributed by atoms with Gasteiger partial charge in [-0.3, -0.25) is 4.79 Å². The van der Waals surface area contributed by atoms with Crippen LogP contribution in [-0.4, -0.2) is 51.0 Å². The number of benzene rings is 1. The molecule has 2 rings (SSSR count). The Morgan fingerprint density at radius 1 is 1.32 bits per heavy atom. The third kappa shape index (κ3) is 2.96. The second-order valence-corrected chi connectivity index (χ2v) is 8.02. The van der Waals surface area contributed by atoms with Gasteiger partial charge >= 0.3 is 5.97 Å². The Hall–Kier alpha value is -1.60. The summed E-state index contributed by atoms with van der Waals surface area (Å²) in [5.41, 5.74) is 1.82. The van der Waals surface area contributed by atoms with E-state index in [-0.39, 0.29) is 23.9 Å². The van der Waals surface area contributed by atoms with Crippen molar-refractivity contribution in [3.05, 3.63) is 23.8 Å². The van der Waals surface area contributed by atoms with E-state index in [1.165, 1.54) is 4.31 Å². The lowest BCUT2D eigenvalue weighted by molar-refractivity contribution is -0.142. The van der Waals surface area contributed by atoms with Gasteiger partial charge in [0.15, 0.2) is 0 Å². The Balaban J connectivity index is 2.36. The maximum Gasteiger partial charge on any atom is 0.308 e. The predicted octanol–water partition coefficient (Wildman–Crippen LogP) is 1.40. The van der Waals surface area contributed by atoms with Gasteiger partial charge in [0.1, 0.15) is 0 Å². The van der Waals surface area contributed by atoms with Crippen LogP contribution in [0.2, 0.25) is 0 Å². The number of anilines is 1. The van der Waals surface area contributed by atoms with E-state index in [0.717, 1.165) is 11.3 Å². The number of aryl methyl sites for hydroxylation is 1. The van der Waals surface area contributed by atoms with Crippen LogP contribution in [0.5, 0.6) is 0 Å². The highest BCUT2D eigenvalue weighted by molar-refractivity contribution is 7.89. The first-order valence-corrected chi connectivity index (χ1v) is 8.59. The summed E-state index contributed by atoms with van der Waals surface area (Å²) < 4.78 is 26.8. The van der Waals surface area contributed by atoms with Gasteiger partial charge in [0.25, 0.3) is 0 Å². The Kier molecular flexibility index (Phi) is 4.49. The summed E-state index contributed by atoms with van der Waals surface area (Å²) in [5.74, 6) is -1.78. The molecule has 1 heterocycles. The molecular formula is C15H22N2O4S. The molecule has 1 aromatic rings. The molecule has 0 amide bonds. The molecule has 0 unspecified atom stereocenters. The summed E-state index contributed by atoms with van der Waals surface area (Å²) in [6, 6.07) is 5.00. The van der Waals surface area contributed by atoms with Gasteiger partial charge in [-0.25, -0.2) is 8.42 Å². The van der Waals surface area contributed by atoms with Crippen LogP contribution in [0.4, 0.5) is 5.69 Å².